The van der Waals surface area contributed by atoms with Gasteiger partial charge in [-0.25, -0.2) is 0 Å². The second kappa shape index (κ2) is 6.32. The molecule has 0 bridgehead atoms. The van der Waals surface area contributed by atoms with E-state index in [0.717, 1.165) is 18.0 Å². The van der Waals surface area contributed by atoms with Crippen LogP contribution < -0.4 is 0 Å². The first kappa shape index (κ1) is 16.3. The van der Waals surface area contributed by atoms with Crippen LogP contribution >= 0.6 is 15.9 Å². The summed E-state index contributed by atoms with van der Waals surface area (Å²) in [6.45, 7) is -0.669. The molecule has 0 aliphatic carbocycles. The van der Waals surface area contributed by atoms with Crippen LogP contribution in [-0.2, 0) is 4.79 Å². The van der Waals surface area contributed by atoms with Crippen LogP contribution in [0, 0.1) is 0 Å². The second-order valence-corrected chi connectivity index (χ2v) is 3.92. The van der Waals surface area contributed by atoms with E-state index in [4.69, 9.17) is 0 Å². The molecule has 0 rings (SSSR count). The Morgan fingerprint density at radius 2 is 1.82 bits per heavy atom. The highest BCUT2D eigenvalue weighted by molar-refractivity contribution is 9.09. The third-order valence-electron chi connectivity index (χ3n) is 1.90. The van der Waals surface area contributed by atoms with Crippen LogP contribution in [0.5, 0.6) is 0 Å². The lowest BCUT2D eigenvalue weighted by atomic mass is 10.2. The molecule has 100 valence electrons. The summed E-state index contributed by atoms with van der Waals surface area (Å²) in [6, 6.07) is 0. The molecule has 2 nitrogen and oxygen atoms in total. The van der Waals surface area contributed by atoms with Gasteiger partial charge in [-0.2, -0.15) is 22.0 Å². The summed E-state index contributed by atoms with van der Waals surface area (Å²) in [5.74, 6) is -5.40. The third-order valence-corrected chi connectivity index (χ3v) is 2.28. The molecular formula is C9H11BrF5NO. The van der Waals surface area contributed by atoms with E-state index in [0.29, 0.717) is 5.33 Å². The van der Waals surface area contributed by atoms with E-state index in [2.05, 4.69) is 15.9 Å². The van der Waals surface area contributed by atoms with Crippen molar-refractivity contribution in [2.45, 2.75) is 18.5 Å². The molecule has 0 aromatic heterocycles. The van der Waals surface area contributed by atoms with E-state index in [1.54, 1.807) is 0 Å². The predicted molar refractivity (Wildman–Crippen MR) is 56.2 cm³/mol. The van der Waals surface area contributed by atoms with Gasteiger partial charge in [0.1, 0.15) is 0 Å². The fourth-order valence-corrected chi connectivity index (χ4v) is 1.02. The van der Waals surface area contributed by atoms with Crippen LogP contribution in [0.3, 0.4) is 0 Å². The van der Waals surface area contributed by atoms with Gasteiger partial charge >= 0.3 is 12.1 Å². The van der Waals surface area contributed by atoms with Crippen molar-refractivity contribution >= 4 is 21.8 Å². The van der Waals surface area contributed by atoms with Gasteiger partial charge in [-0.3, -0.25) is 4.79 Å². The molecule has 0 fully saturated rings. The molecule has 0 heterocycles. The van der Waals surface area contributed by atoms with E-state index in [1.165, 1.54) is 6.08 Å². The molecule has 0 aromatic rings. The number of rotatable bonds is 5. The van der Waals surface area contributed by atoms with Crippen molar-refractivity contribution in [3.63, 3.8) is 0 Å². The second-order valence-electron chi connectivity index (χ2n) is 3.27. The van der Waals surface area contributed by atoms with Gasteiger partial charge in [-0.15, -0.1) is 0 Å². The summed E-state index contributed by atoms with van der Waals surface area (Å²) >= 11 is 3.00. The van der Waals surface area contributed by atoms with Gasteiger partial charge < -0.3 is 4.90 Å². The summed E-state index contributed by atoms with van der Waals surface area (Å²) in [7, 11) is 1.16. The summed E-state index contributed by atoms with van der Waals surface area (Å²) < 4.78 is 60.5. The Labute approximate surface area is 104 Å². The summed E-state index contributed by atoms with van der Waals surface area (Å²) in [5, 5.41) is 0.394. The number of allylic oxidation sites excluding steroid dienone is 1. The lowest BCUT2D eigenvalue weighted by Gasteiger charge is -2.22. The maximum absolute atomic E-state index is 12.5. The average molecular weight is 324 g/mol. The molecule has 0 atom stereocenters. The van der Waals surface area contributed by atoms with E-state index in [-0.39, 0.29) is 0 Å². The SMILES string of the molecule is CN(CCC(F)(F)C(F)(F)F)C(=O)/C=C/CBr. The Morgan fingerprint density at radius 1 is 1.29 bits per heavy atom. The van der Waals surface area contributed by atoms with Gasteiger partial charge in [0, 0.05) is 25.3 Å². The minimum atomic E-state index is -5.58. The quantitative estimate of drug-likeness (QED) is 0.433. The van der Waals surface area contributed by atoms with Crippen molar-refractivity contribution in [2.75, 3.05) is 18.9 Å². The molecule has 0 N–H and O–H groups in total. The number of amides is 1. The number of nitrogens with zero attached hydrogens (tertiary/aromatic N) is 1. The molecule has 0 unspecified atom stereocenters. The van der Waals surface area contributed by atoms with Crippen LogP contribution in [0.25, 0.3) is 0 Å². The zero-order valence-corrected chi connectivity index (χ0v) is 10.5. The number of hydrogen-bond acceptors (Lipinski definition) is 1. The Morgan fingerprint density at radius 3 is 2.24 bits per heavy atom. The highest BCUT2D eigenvalue weighted by Gasteiger charge is 2.56. The number of hydrogen-bond donors (Lipinski definition) is 0. The van der Waals surface area contributed by atoms with Crippen LogP contribution in [0.1, 0.15) is 6.42 Å². The molecule has 0 radical (unpaired) electrons. The van der Waals surface area contributed by atoms with Crippen molar-refractivity contribution in [1.29, 1.82) is 0 Å². The number of likely N-dealkylation sites (N-methyl/N-ethyl adjacent to an activating group) is 1. The van der Waals surface area contributed by atoms with Crippen molar-refractivity contribution in [3.8, 4) is 0 Å². The minimum absolute atomic E-state index is 0.394. The molecule has 0 aliphatic rings. The molecule has 1 amide bonds. The largest absolute Gasteiger partial charge is 0.453 e. The van der Waals surface area contributed by atoms with Crippen LogP contribution in [0.2, 0.25) is 0 Å². The first-order chi connectivity index (χ1) is 7.62. The summed E-state index contributed by atoms with van der Waals surface area (Å²) in [5.41, 5.74) is 0. The number of carbonyl (C=O) groups is 1. The maximum Gasteiger partial charge on any atom is 0.453 e. The van der Waals surface area contributed by atoms with Crippen molar-refractivity contribution in [3.05, 3.63) is 12.2 Å². The monoisotopic (exact) mass is 323 g/mol. The van der Waals surface area contributed by atoms with Gasteiger partial charge in [0.15, 0.2) is 0 Å². The van der Waals surface area contributed by atoms with Gasteiger partial charge in [0.25, 0.3) is 0 Å². The molecule has 17 heavy (non-hydrogen) atoms. The fraction of sp³-hybridized carbons (Fsp3) is 0.667. The number of carbonyl (C=O) groups excluding carboxylic acids is 1. The van der Waals surface area contributed by atoms with Gasteiger partial charge in [0.2, 0.25) is 5.91 Å². The Balaban J connectivity index is 4.29. The highest BCUT2D eigenvalue weighted by atomic mass is 79.9. The zero-order chi connectivity index (χ0) is 13.7. The van der Waals surface area contributed by atoms with Crippen LogP contribution in [0.4, 0.5) is 22.0 Å². The first-order valence-electron chi connectivity index (χ1n) is 4.54. The Kier molecular flexibility index (Phi) is 6.08. The van der Waals surface area contributed by atoms with Gasteiger partial charge in [-0.1, -0.05) is 22.0 Å². The van der Waals surface area contributed by atoms with Crippen LogP contribution in [0.15, 0.2) is 12.2 Å². The lowest BCUT2D eigenvalue weighted by molar-refractivity contribution is -0.284. The average Bonchev–Trinajstić information content (AvgIpc) is 2.20. The van der Waals surface area contributed by atoms with E-state index < -0.39 is 31.0 Å². The molecule has 0 spiro atoms. The smallest absolute Gasteiger partial charge is 0.342 e. The molecule has 8 heteroatoms. The topological polar surface area (TPSA) is 20.3 Å². The van der Waals surface area contributed by atoms with Gasteiger partial charge in [-0.05, 0) is 6.08 Å². The molecule has 0 saturated heterocycles. The van der Waals surface area contributed by atoms with E-state index in [9.17, 15) is 26.7 Å². The van der Waals surface area contributed by atoms with Crippen molar-refractivity contribution < 1.29 is 26.7 Å². The first-order valence-corrected chi connectivity index (χ1v) is 5.66. The van der Waals surface area contributed by atoms with Crippen LogP contribution in [-0.4, -0.2) is 41.8 Å². The van der Waals surface area contributed by atoms with E-state index in [1.807, 2.05) is 0 Å². The maximum atomic E-state index is 12.5. The summed E-state index contributed by atoms with van der Waals surface area (Å²) in [6.07, 6.45) is -4.51. The van der Waals surface area contributed by atoms with E-state index >= 15 is 0 Å². The fourth-order valence-electron chi connectivity index (χ4n) is 0.833. The molecule has 0 aromatic carbocycles. The zero-order valence-electron chi connectivity index (χ0n) is 8.90. The number of halogens is 6. The van der Waals surface area contributed by atoms with Crippen molar-refractivity contribution in [2.24, 2.45) is 0 Å². The van der Waals surface area contributed by atoms with Crippen molar-refractivity contribution in [1.82, 2.24) is 4.90 Å². The minimum Gasteiger partial charge on any atom is -0.342 e. The molecule has 0 saturated carbocycles. The molecule has 0 aliphatic heterocycles. The standard InChI is InChI=1S/C9H11BrF5NO/c1-16(7(17)3-2-5-10)6-4-8(11,12)9(13,14)15/h2-3H,4-6H2,1H3/b3-2+. The number of alkyl halides is 6. The predicted octanol–water partition coefficient (Wildman–Crippen LogP) is 2.98. The Hall–Kier alpha value is -0.660. The Bertz CT molecular complexity index is 290. The lowest BCUT2D eigenvalue weighted by Crippen LogP contribution is -2.40. The third kappa shape index (κ3) is 5.47. The summed E-state index contributed by atoms with van der Waals surface area (Å²) in [4.78, 5) is 12.0. The molecular weight excluding hydrogens is 313 g/mol. The van der Waals surface area contributed by atoms with Gasteiger partial charge in [0.05, 0.1) is 0 Å². The normalized spacial score (nSPS) is 13.1. The highest BCUT2D eigenvalue weighted by Crippen LogP contribution is 2.37.